The Morgan fingerprint density at radius 3 is 3.00 bits per heavy atom. The normalized spacial score (nSPS) is 18.9. The second-order valence-electron chi connectivity index (χ2n) is 5.00. The summed E-state index contributed by atoms with van der Waals surface area (Å²) in [7, 11) is 0. The molecule has 1 fully saturated rings. The number of hydrogen-bond donors (Lipinski definition) is 1. The number of rotatable bonds is 5. The van der Waals surface area contributed by atoms with Gasteiger partial charge in [0, 0.05) is 13.1 Å². The van der Waals surface area contributed by atoms with E-state index < -0.39 is 0 Å². The van der Waals surface area contributed by atoms with Crippen molar-refractivity contribution in [3.05, 3.63) is 28.3 Å². The lowest BCUT2D eigenvalue weighted by molar-refractivity contribution is -0.385. The molecule has 1 aliphatic heterocycles. The van der Waals surface area contributed by atoms with E-state index in [-0.39, 0.29) is 10.6 Å². The fourth-order valence-electron chi connectivity index (χ4n) is 2.70. The second-order valence-corrected chi connectivity index (χ2v) is 5.00. The zero-order valence-electron chi connectivity index (χ0n) is 11.7. The summed E-state index contributed by atoms with van der Waals surface area (Å²) in [5, 5.41) is 11.4. The minimum Gasteiger partial charge on any atom is -0.487 e. The van der Waals surface area contributed by atoms with Crippen molar-refractivity contribution in [3.63, 3.8) is 0 Å². The molecule has 1 aromatic rings. The van der Waals surface area contributed by atoms with Crippen LogP contribution in [0.3, 0.4) is 0 Å². The molecular weight excluding hydrogens is 258 g/mol. The van der Waals surface area contributed by atoms with Gasteiger partial charge in [0.2, 0.25) is 0 Å². The van der Waals surface area contributed by atoms with Crippen LogP contribution in [0.25, 0.3) is 0 Å². The number of nitro benzene ring substituents is 1. The highest BCUT2D eigenvalue weighted by Crippen LogP contribution is 2.38. The molecule has 0 radical (unpaired) electrons. The Balaban J connectivity index is 2.34. The van der Waals surface area contributed by atoms with Crippen LogP contribution in [-0.2, 0) is 0 Å². The number of hydrogen-bond acceptors (Lipinski definition) is 5. The largest absolute Gasteiger partial charge is 0.487 e. The van der Waals surface area contributed by atoms with Crippen LogP contribution in [0, 0.1) is 16.0 Å². The quantitative estimate of drug-likeness (QED) is 0.660. The fraction of sp³-hybridized carbons (Fsp3) is 0.571. The highest BCUT2D eigenvalue weighted by atomic mass is 16.6. The maximum Gasteiger partial charge on any atom is 0.333 e. The van der Waals surface area contributed by atoms with E-state index >= 15 is 0 Å². The van der Waals surface area contributed by atoms with Gasteiger partial charge in [0.15, 0.2) is 5.75 Å². The first-order valence-corrected chi connectivity index (χ1v) is 7.02. The van der Waals surface area contributed by atoms with Gasteiger partial charge in [-0.3, -0.25) is 10.1 Å². The van der Waals surface area contributed by atoms with Gasteiger partial charge in [0.05, 0.1) is 11.5 Å². The van der Waals surface area contributed by atoms with Gasteiger partial charge in [0.1, 0.15) is 5.69 Å². The molecule has 0 bridgehead atoms. The van der Waals surface area contributed by atoms with Crippen molar-refractivity contribution in [3.8, 4) is 5.75 Å². The van der Waals surface area contributed by atoms with Crippen molar-refractivity contribution < 1.29 is 9.66 Å². The summed E-state index contributed by atoms with van der Waals surface area (Å²) < 4.78 is 5.39. The lowest BCUT2D eigenvalue weighted by Gasteiger charge is -2.33. The highest BCUT2D eigenvalue weighted by molar-refractivity contribution is 5.70. The first kappa shape index (κ1) is 14.6. The number of nitrogens with zero attached hydrogens (tertiary/aromatic N) is 2. The van der Waals surface area contributed by atoms with Gasteiger partial charge >= 0.3 is 5.69 Å². The lowest BCUT2D eigenvalue weighted by atomic mass is 9.97. The molecule has 1 unspecified atom stereocenters. The molecule has 1 atom stereocenters. The average Bonchev–Trinajstić information content (AvgIpc) is 2.47. The number of piperidine rings is 1. The topological polar surface area (TPSA) is 81.6 Å². The SMILES string of the molecule is CCOc1cccc(N2CCCC(CN)C2)c1[N+](=O)[O-]. The molecule has 0 aliphatic carbocycles. The second kappa shape index (κ2) is 6.56. The van der Waals surface area contributed by atoms with Gasteiger partial charge in [-0.1, -0.05) is 6.07 Å². The Labute approximate surface area is 118 Å². The molecule has 0 aromatic heterocycles. The number of nitro groups is 1. The summed E-state index contributed by atoms with van der Waals surface area (Å²) in [6.07, 6.45) is 2.10. The fourth-order valence-corrected chi connectivity index (χ4v) is 2.70. The first-order valence-electron chi connectivity index (χ1n) is 7.02. The number of ether oxygens (including phenoxy) is 1. The molecule has 0 spiro atoms. The molecule has 6 nitrogen and oxygen atoms in total. The van der Waals surface area contributed by atoms with Gasteiger partial charge in [-0.2, -0.15) is 0 Å². The number of para-hydroxylation sites is 1. The van der Waals surface area contributed by atoms with E-state index in [1.807, 2.05) is 6.92 Å². The summed E-state index contributed by atoms with van der Waals surface area (Å²) >= 11 is 0. The van der Waals surface area contributed by atoms with Gasteiger partial charge in [-0.15, -0.1) is 0 Å². The Kier molecular flexibility index (Phi) is 4.79. The Morgan fingerprint density at radius 2 is 2.35 bits per heavy atom. The van der Waals surface area contributed by atoms with Crippen molar-refractivity contribution in [1.82, 2.24) is 0 Å². The van der Waals surface area contributed by atoms with Gasteiger partial charge in [0.25, 0.3) is 0 Å². The molecule has 2 N–H and O–H groups in total. The highest BCUT2D eigenvalue weighted by Gasteiger charge is 2.28. The van der Waals surface area contributed by atoms with Crippen LogP contribution in [0.15, 0.2) is 18.2 Å². The van der Waals surface area contributed by atoms with Crippen LogP contribution in [0.4, 0.5) is 11.4 Å². The van der Waals surface area contributed by atoms with Gasteiger partial charge in [-0.25, -0.2) is 0 Å². The van der Waals surface area contributed by atoms with Crippen LogP contribution < -0.4 is 15.4 Å². The van der Waals surface area contributed by atoms with E-state index in [1.165, 1.54) is 0 Å². The molecule has 20 heavy (non-hydrogen) atoms. The monoisotopic (exact) mass is 279 g/mol. The molecule has 110 valence electrons. The van der Waals surface area contributed by atoms with Crippen LogP contribution in [0.1, 0.15) is 19.8 Å². The smallest absolute Gasteiger partial charge is 0.333 e. The average molecular weight is 279 g/mol. The van der Waals surface area contributed by atoms with E-state index in [4.69, 9.17) is 10.5 Å². The third kappa shape index (κ3) is 3.01. The maximum atomic E-state index is 11.4. The molecule has 0 amide bonds. The molecule has 2 rings (SSSR count). The maximum absolute atomic E-state index is 11.4. The first-order chi connectivity index (χ1) is 9.67. The standard InChI is InChI=1S/C14H21N3O3/c1-2-20-13-7-3-6-12(14(13)17(18)19)16-8-4-5-11(9-15)10-16/h3,6-7,11H,2,4-5,8-10,15H2,1H3. The molecule has 0 saturated carbocycles. The number of anilines is 1. The van der Waals surface area contributed by atoms with E-state index in [0.29, 0.717) is 30.5 Å². The van der Waals surface area contributed by atoms with Crippen molar-refractivity contribution in [1.29, 1.82) is 0 Å². The van der Waals surface area contributed by atoms with Gasteiger partial charge in [-0.05, 0) is 44.4 Å². The molecule has 1 heterocycles. The number of benzene rings is 1. The van der Waals surface area contributed by atoms with E-state index in [0.717, 1.165) is 25.9 Å². The Bertz CT molecular complexity index is 479. The molecule has 1 saturated heterocycles. The summed E-state index contributed by atoms with van der Waals surface area (Å²) in [6.45, 7) is 4.45. The zero-order valence-corrected chi connectivity index (χ0v) is 11.7. The molecule has 1 aromatic carbocycles. The molecular formula is C14H21N3O3. The zero-order chi connectivity index (χ0) is 14.5. The third-order valence-corrected chi connectivity index (χ3v) is 3.65. The summed E-state index contributed by atoms with van der Waals surface area (Å²) in [5.74, 6) is 0.740. The lowest BCUT2D eigenvalue weighted by Crippen LogP contribution is -2.38. The van der Waals surface area contributed by atoms with E-state index in [1.54, 1.807) is 18.2 Å². The van der Waals surface area contributed by atoms with Crippen LogP contribution in [0.2, 0.25) is 0 Å². The van der Waals surface area contributed by atoms with Crippen LogP contribution >= 0.6 is 0 Å². The van der Waals surface area contributed by atoms with Crippen LogP contribution in [-0.4, -0.2) is 31.2 Å². The Morgan fingerprint density at radius 1 is 1.55 bits per heavy atom. The van der Waals surface area contributed by atoms with E-state index in [9.17, 15) is 10.1 Å². The van der Waals surface area contributed by atoms with Gasteiger partial charge < -0.3 is 15.4 Å². The molecule has 6 heteroatoms. The van der Waals surface area contributed by atoms with Crippen LogP contribution in [0.5, 0.6) is 5.75 Å². The summed E-state index contributed by atoms with van der Waals surface area (Å²) in [6, 6.07) is 5.24. The minimum absolute atomic E-state index is 0.0621. The van der Waals surface area contributed by atoms with Crippen molar-refractivity contribution in [2.45, 2.75) is 19.8 Å². The van der Waals surface area contributed by atoms with Crippen molar-refractivity contribution >= 4 is 11.4 Å². The van der Waals surface area contributed by atoms with Crippen molar-refractivity contribution in [2.75, 3.05) is 31.1 Å². The number of nitrogens with two attached hydrogens (primary N) is 1. The summed E-state index contributed by atoms with van der Waals surface area (Å²) in [5.41, 5.74) is 6.43. The molecule has 1 aliphatic rings. The predicted molar refractivity (Wildman–Crippen MR) is 78.3 cm³/mol. The minimum atomic E-state index is -0.355. The predicted octanol–water partition coefficient (Wildman–Crippen LogP) is 2.17. The van der Waals surface area contributed by atoms with Crippen molar-refractivity contribution in [2.24, 2.45) is 11.7 Å². The Hall–Kier alpha value is -1.82. The third-order valence-electron chi connectivity index (χ3n) is 3.65. The summed E-state index contributed by atoms with van der Waals surface area (Å²) in [4.78, 5) is 13.1. The van der Waals surface area contributed by atoms with E-state index in [2.05, 4.69) is 4.90 Å².